The van der Waals surface area contributed by atoms with E-state index < -0.39 is 0 Å². The van der Waals surface area contributed by atoms with Crippen LogP contribution in [0.25, 0.3) is 0 Å². The van der Waals surface area contributed by atoms with Crippen LogP contribution < -0.4 is 14.5 Å². The normalized spacial score (nSPS) is 18.8. The number of amides is 1. The number of nitrogens with zero attached hydrogens (tertiary/aromatic N) is 2. The number of ether oxygens (including phenoxy) is 1. The highest BCUT2D eigenvalue weighted by molar-refractivity contribution is 6.07. The topological polar surface area (TPSA) is 49.9 Å². The first-order chi connectivity index (χ1) is 15.1. The van der Waals surface area contributed by atoms with Crippen LogP contribution in [0.1, 0.15) is 51.0 Å². The van der Waals surface area contributed by atoms with Gasteiger partial charge in [0.1, 0.15) is 5.75 Å². The van der Waals surface area contributed by atoms with E-state index in [1.54, 1.807) is 12.0 Å². The van der Waals surface area contributed by atoms with Gasteiger partial charge in [-0.2, -0.15) is 0 Å². The van der Waals surface area contributed by atoms with E-state index in [0.29, 0.717) is 18.6 Å². The summed E-state index contributed by atoms with van der Waals surface area (Å²) in [6.45, 7) is 6.17. The van der Waals surface area contributed by atoms with Gasteiger partial charge in [0.05, 0.1) is 12.8 Å². The second kappa shape index (κ2) is 8.96. The maximum absolute atomic E-state index is 13.3. The van der Waals surface area contributed by atoms with E-state index in [1.165, 1.54) is 0 Å². The highest BCUT2D eigenvalue weighted by Crippen LogP contribution is 2.44. The molecular weight excluding hydrogens is 388 g/mol. The predicted octanol–water partition coefficient (Wildman–Crippen LogP) is 5.07. The lowest BCUT2D eigenvalue weighted by molar-refractivity contribution is -0.119. The Balaban J connectivity index is 1.76. The number of allylic oxidation sites excluding steroid dienone is 2. The molecule has 0 aromatic heterocycles. The zero-order chi connectivity index (χ0) is 22.0. The Bertz CT molecular complexity index is 1010. The summed E-state index contributed by atoms with van der Waals surface area (Å²) in [5.74, 6) is 0.714. The number of carbonyl (C=O) groups excluding carboxylic acids is 2. The number of benzene rings is 2. The molecule has 0 saturated heterocycles. The number of anilines is 2. The Labute approximate surface area is 184 Å². The molecular formula is C26H30N2O3. The van der Waals surface area contributed by atoms with Crippen LogP contribution in [0.4, 0.5) is 11.4 Å². The zero-order valence-corrected chi connectivity index (χ0v) is 18.6. The molecule has 1 unspecified atom stereocenters. The van der Waals surface area contributed by atoms with Crippen molar-refractivity contribution < 1.29 is 14.3 Å². The molecule has 0 radical (unpaired) electrons. The monoisotopic (exact) mass is 418 g/mol. The third-order valence-electron chi connectivity index (χ3n) is 6.41. The quantitative estimate of drug-likeness (QED) is 0.657. The number of ketones is 1. The molecule has 5 heteroatoms. The summed E-state index contributed by atoms with van der Waals surface area (Å²) in [5.41, 5.74) is 4.64. The molecule has 162 valence electrons. The molecule has 1 amide bonds. The molecule has 1 aliphatic heterocycles. The average molecular weight is 419 g/mol. The fraction of sp³-hybridized carbons (Fsp3) is 0.385. The van der Waals surface area contributed by atoms with Crippen LogP contribution >= 0.6 is 0 Å². The van der Waals surface area contributed by atoms with Gasteiger partial charge in [0.2, 0.25) is 5.91 Å². The minimum atomic E-state index is -0.178. The van der Waals surface area contributed by atoms with Crippen molar-refractivity contribution in [3.8, 4) is 5.75 Å². The van der Waals surface area contributed by atoms with E-state index in [2.05, 4.69) is 43.0 Å². The molecule has 0 bridgehead atoms. The Hall–Kier alpha value is -3.08. The molecule has 1 aliphatic carbocycles. The average Bonchev–Trinajstić information content (AvgIpc) is 2.80. The van der Waals surface area contributed by atoms with Gasteiger partial charge in [0.15, 0.2) is 5.78 Å². The molecule has 0 fully saturated rings. The number of carbonyl (C=O) groups is 2. The third-order valence-corrected chi connectivity index (χ3v) is 6.41. The van der Waals surface area contributed by atoms with Crippen LogP contribution in [0, 0.1) is 0 Å². The van der Waals surface area contributed by atoms with Crippen LogP contribution in [0.2, 0.25) is 0 Å². The van der Waals surface area contributed by atoms with Gasteiger partial charge < -0.3 is 9.64 Å². The summed E-state index contributed by atoms with van der Waals surface area (Å²) in [6.07, 6.45) is 2.36. The second-order valence-electron chi connectivity index (χ2n) is 8.09. The number of rotatable bonds is 6. The summed E-state index contributed by atoms with van der Waals surface area (Å²) in [6, 6.07) is 15.9. The van der Waals surface area contributed by atoms with Crippen molar-refractivity contribution in [3.05, 3.63) is 65.4 Å². The summed E-state index contributed by atoms with van der Waals surface area (Å²) in [7, 11) is 1.61. The van der Waals surface area contributed by atoms with Gasteiger partial charge in [0, 0.05) is 54.9 Å². The summed E-state index contributed by atoms with van der Waals surface area (Å²) in [4.78, 5) is 30.4. The molecule has 1 heterocycles. The van der Waals surface area contributed by atoms with Crippen LogP contribution in [-0.2, 0) is 9.59 Å². The fourth-order valence-corrected chi connectivity index (χ4v) is 4.83. The highest BCUT2D eigenvalue weighted by atomic mass is 16.5. The molecule has 5 nitrogen and oxygen atoms in total. The van der Waals surface area contributed by atoms with Gasteiger partial charge in [-0.1, -0.05) is 18.2 Å². The molecule has 2 aromatic carbocycles. The van der Waals surface area contributed by atoms with Gasteiger partial charge in [-0.25, -0.2) is 0 Å². The van der Waals surface area contributed by atoms with E-state index in [-0.39, 0.29) is 17.6 Å². The Kier molecular flexibility index (Phi) is 6.12. The number of hydrogen-bond acceptors (Lipinski definition) is 4. The molecule has 31 heavy (non-hydrogen) atoms. The van der Waals surface area contributed by atoms with Gasteiger partial charge in [-0.3, -0.25) is 14.5 Å². The fourth-order valence-electron chi connectivity index (χ4n) is 4.83. The van der Waals surface area contributed by atoms with Gasteiger partial charge in [0.25, 0.3) is 0 Å². The van der Waals surface area contributed by atoms with Crippen molar-refractivity contribution >= 4 is 23.1 Å². The lowest BCUT2D eigenvalue weighted by Gasteiger charge is -2.38. The highest BCUT2D eigenvalue weighted by Gasteiger charge is 2.39. The van der Waals surface area contributed by atoms with Crippen molar-refractivity contribution in [3.63, 3.8) is 0 Å². The summed E-state index contributed by atoms with van der Waals surface area (Å²) in [5, 5.41) is 0. The van der Waals surface area contributed by atoms with Crippen molar-refractivity contribution in [1.82, 2.24) is 0 Å². The molecule has 0 saturated carbocycles. The maximum atomic E-state index is 13.3. The minimum Gasteiger partial charge on any atom is -0.497 e. The van der Waals surface area contributed by atoms with E-state index in [9.17, 15) is 9.59 Å². The third kappa shape index (κ3) is 3.97. The minimum absolute atomic E-state index is 0.0273. The SMILES string of the molecule is CCN(CC)c1ccc(C2CC(=O)N(c3cccc(OC)c3)C3=C2C(=O)CCC3)cc1. The molecule has 0 N–H and O–H groups in total. The van der Waals surface area contributed by atoms with Crippen LogP contribution in [0.15, 0.2) is 59.8 Å². The molecule has 2 aromatic rings. The van der Waals surface area contributed by atoms with E-state index in [1.807, 2.05) is 24.3 Å². The Morgan fingerprint density at radius 2 is 1.77 bits per heavy atom. The van der Waals surface area contributed by atoms with Crippen molar-refractivity contribution in [1.29, 1.82) is 0 Å². The smallest absolute Gasteiger partial charge is 0.232 e. The number of Topliss-reactive ketones (excluding diaryl/α,β-unsaturated/α-hetero) is 1. The predicted molar refractivity (Wildman–Crippen MR) is 124 cm³/mol. The van der Waals surface area contributed by atoms with Crippen molar-refractivity contribution in [2.75, 3.05) is 30.0 Å². The second-order valence-corrected chi connectivity index (χ2v) is 8.09. The molecule has 0 spiro atoms. The first-order valence-corrected chi connectivity index (χ1v) is 11.2. The van der Waals surface area contributed by atoms with E-state index >= 15 is 0 Å². The summed E-state index contributed by atoms with van der Waals surface area (Å²) < 4.78 is 5.35. The lowest BCUT2D eigenvalue weighted by atomic mass is 9.77. The van der Waals surface area contributed by atoms with Crippen LogP contribution in [0.3, 0.4) is 0 Å². The Morgan fingerprint density at radius 1 is 1.03 bits per heavy atom. The van der Waals surface area contributed by atoms with E-state index in [0.717, 1.165) is 54.1 Å². The molecule has 1 atom stereocenters. The zero-order valence-electron chi connectivity index (χ0n) is 18.6. The molecule has 2 aliphatic rings. The number of hydrogen-bond donors (Lipinski definition) is 0. The van der Waals surface area contributed by atoms with Gasteiger partial charge in [-0.15, -0.1) is 0 Å². The maximum Gasteiger partial charge on any atom is 0.232 e. The first-order valence-electron chi connectivity index (χ1n) is 11.2. The summed E-state index contributed by atoms with van der Waals surface area (Å²) >= 11 is 0. The molecule has 4 rings (SSSR count). The van der Waals surface area contributed by atoms with Crippen LogP contribution in [0.5, 0.6) is 5.75 Å². The first kappa shape index (κ1) is 21.2. The van der Waals surface area contributed by atoms with Crippen LogP contribution in [-0.4, -0.2) is 31.9 Å². The van der Waals surface area contributed by atoms with Crippen molar-refractivity contribution in [2.45, 2.75) is 45.4 Å². The standard InChI is InChI=1S/C26H30N2O3/c1-4-27(5-2)19-14-12-18(13-15-19)22-17-25(30)28(20-8-6-9-21(16-20)31-3)23-10-7-11-24(29)26(22)23/h6,8-9,12-16,22H,4-5,7,10-11,17H2,1-3H3. The van der Waals surface area contributed by atoms with Gasteiger partial charge >= 0.3 is 0 Å². The Morgan fingerprint density at radius 3 is 2.45 bits per heavy atom. The lowest BCUT2D eigenvalue weighted by Crippen LogP contribution is -2.40. The largest absolute Gasteiger partial charge is 0.497 e. The number of methoxy groups -OCH3 is 1. The van der Waals surface area contributed by atoms with Crippen molar-refractivity contribution in [2.24, 2.45) is 0 Å². The van der Waals surface area contributed by atoms with E-state index in [4.69, 9.17) is 4.74 Å². The van der Waals surface area contributed by atoms with Gasteiger partial charge in [-0.05, 0) is 56.5 Å².